The molecule has 0 N–H and O–H groups in total. The predicted octanol–water partition coefficient (Wildman–Crippen LogP) is 0.245. The zero-order valence-corrected chi connectivity index (χ0v) is 11.1. The van der Waals surface area contributed by atoms with Crippen molar-refractivity contribution < 1.29 is 60.2 Å². The Morgan fingerprint density at radius 2 is 1.67 bits per heavy atom. The Bertz CT molecular complexity index is 151. The van der Waals surface area contributed by atoms with Crippen molar-refractivity contribution in [2.45, 2.75) is 13.8 Å². The van der Waals surface area contributed by atoms with Gasteiger partial charge in [0.25, 0.3) is 0 Å². The fourth-order valence-corrected chi connectivity index (χ4v) is 0.387. The molecule has 0 aromatic heterocycles. The van der Waals surface area contributed by atoms with Gasteiger partial charge >= 0.3 is 51.4 Å². The van der Waals surface area contributed by atoms with Gasteiger partial charge in [-0.1, -0.05) is 13.8 Å². The summed E-state index contributed by atoms with van der Waals surface area (Å²) in [6.45, 7) is 4.00. The van der Waals surface area contributed by atoms with E-state index in [0.29, 0.717) is 0 Å². The minimum absolute atomic E-state index is 0. The zero-order chi connectivity index (χ0) is 7.98. The van der Waals surface area contributed by atoms with Gasteiger partial charge in [-0.2, -0.15) is 0 Å². The molecule has 1 aromatic rings. The molecule has 0 amide bonds. The second-order valence-corrected chi connectivity index (χ2v) is 1.35. The number of hydrogen-bond donors (Lipinski definition) is 0. The predicted molar refractivity (Wildman–Crippen MR) is 43.0 cm³/mol. The van der Waals surface area contributed by atoms with Gasteiger partial charge in [-0.25, -0.2) is 4.39 Å². The summed E-state index contributed by atoms with van der Waals surface area (Å²) in [6.07, 6.45) is 0. The molecule has 0 heterocycles. The van der Waals surface area contributed by atoms with Crippen LogP contribution in [0.5, 0.6) is 0 Å². The van der Waals surface area contributed by atoms with Crippen LogP contribution in [0.2, 0.25) is 0 Å². The summed E-state index contributed by atoms with van der Waals surface area (Å²) in [7, 11) is 0. The van der Waals surface area contributed by atoms with Crippen molar-refractivity contribution in [1.29, 1.82) is 0 Å². The van der Waals surface area contributed by atoms with Crippen LogP contribution >= 0.6 is 0 Å². The molecule has 0 nitrogen and oxygen atoms in total. The average Bonchev–Trinajstić information content (AvgIpc) is 2.00. The van der Waals surface area contributed by atoms with Crippen LogP contribution < -0.4 is 51.4 Å². The largest absolute Gasteiger partial charge is 1.00 e. The molecule has 12 heavy (non-hydrogen) atoms. The molecule has 0 aliphatic carbocycles. The number of benzene rings is 1. The van der Waals surface area contributed by atoms with Crippen molar-refractivity contribution in [3.63, 3.8) is 0 Å². The Morgan fingerprint density at radius 1 is 1.17 bits per heavy atom. The van der Waals surface area contributed by atoms with Crippen LogP contribution in [-0.2, 0) is 0 Å². The van der Waals surface area contributed by atoms with E-state index < -0.39 is 11.6 Å². The number of rotatable bonds is 0. The average molecular weight is 197 g/mol. The monoisotopic (exact) mass is 197 g/mol. The molecule has 0 bridgehead atoms. The van der Waals surface area contributed by atoms with Crippen LogP contribution in [0.15, 0.2) is 18.2 Å². The van der Waals surface area contributed by atoms with Crippen molar-refractivity contribution in [1.82, 2.24) is 0 Å². The van der Waals surface area contributed by atoms with Gasteiger partial charge in [0.15, 0.2) is 0 Å². The Balaban J connectivity index is -0.000000189. The fourth-order valence-electron chi connectivity index (χ4n) is 0.387. The molecule has 0 radical (unpaired) electrons. The van der Waals surface area contributed by atoms with E-state index in [-0.39, 0.29) is 58.8 Å². The van der Waals surface area contributed by atoms with Crippen molar-refractivity contribution in [3.05, 3.63) is 43.3 Å². The second-order valence-electron chi connectivity index (χ2n) is 1.35. The minimum Gasteiger partial charge on any atom is -0.358 e. The summed E-state index contributed by atoms with van der Waals surface area (Å²) >= 11 is 0. The van der Waals surface area contributed by atoms with E-state index in [2.05, 4.69) is 6.07 Å². The molecule has 1 rings (SSSR count). The van der Waals surface area contributed by atoms with Crippen LogP contribution in [-0.4, -0.2) is 0 Å². The third-order valence-electron chi connectivity index (χ3n) is 0.737. The Kier molecular flexibility index (Phi) is 18.1. The Morgan fingerprint density at radius 3 is 1.92 bits per heavy atom. The second kappa shape index (κ2) is 11.7. The molecule has 0 unspecified atom stereocenters. The Hall–Kier alpha value is 0.716. The molecule has 64 valence electrons. The van der Waals surface area contributed by atoms with Gasteiger partial charge in [-0.15, -0.1) is 24.3 Å². The van der Waals surface area contributed by atoms with Crippen molar-refractivity contribution in [3.8, 4) is 0 Å². The molecule has 0 saturated heterocycles. The van der Waals surface area contributed by atoms with E-state index in [4.69, 9.17) is 0 Å². The maximum absolute atomic E-state index is 11.9. The van der Waals surface area contributed by atoms with E-state index in [1.165, 1.54) is 0 Å². The van der Waals surface area contributed by atoms with Gasteiger partial charge in [0.05, 0.1) is 0 Å². The van der Waals surface area contributed by atoms with Gasteiger partial charge in [-0.05, 0) is 0 Å². The fraction of sp³-hybridized carbons (Fsp3) is 0.222. The summed E-state index contributed by atoms with van der Waals surface area (Å²) in [5.41, 5.74) is 0. The van der Waals surface area contributed by atoms with Gasteiger partial charge in [0.2, 0.25) is 0 Å². The Labute approximate surface area is 116 Å². The number of hydrogen-bond acceptors (Lipinski definition) is 0. The molecular weight excluding hydrogens is 185 g/mol. The van der Waals surface area contributed by atoms with Crippen LogP contribution in [0.25, 0.3) is 0 Å². The molecule has 0 aliphatic heterocycles. The molecule has 0 aliphatic rings. The third kappa shape index (κ3) is 8.81. The summed E-state index contributed by atoms with van der Waals surface area (Å²) in [5, 5.41) is 0. The normalized spacial score (nSPS) is 6.67. The quantitative estimate of drug-likeness (QED) is 0.413. The molecule has 1 aromatic carbocycles. The van der Waals surface area contributed by atoms with Crippen LogP contribution in [0.4, 0.5) is 8.78 Å². The maximum Gasteiger partial charge on any atom is 1.00 e. The van der Waals surface area contributed by atoms with Gasteiger partial charge < -0.3 is 7.43 Å². The summed E-state index contributed by atoms with van der Waals surface area (Å²) in [6, 6.07) is 5.08. The first-order valence-electron chi connectivity index (χ1n) is 3.12. The maximum atomic E-state index is 11.9. The molecule has 3 heteroatoms. The standard InChI is InChI=1S/C6H3F2.C2H6.CH3.K/c7-5-1-2-6(8)4-3-5;1-2;;/h1-3H;1-2H3;1H3;/q-1;;-1;+1. The van der Waals surface area contributed by atoms with E-state index in [0.717, 1.165) is 18.2 Å². The van der Waals surface area contributed by atoms with Gasteiger partial charge in [0.1, 0.15) is 0 Å². The van der Waals surface area contributed by atoms with Gasteiger partial charge in [0, 0.05) is 11.6 Å². The minimum atomic E-state index is -0.536. The van der Waals surface area contributed by atoms with Crippen LogP contribution in [0.3, 0.4) is 0 Å². The molecule has 0 fully saturated rings. The van der Waals surface area contributed by atoms with Crippen LogP contribution in [0.1, 0.15) is 13.8 Å². The topological polar surface area (TPSA) is 0 Å². The first-order valence-corrected chi connectivity index (χ1v) is 3.12. The summed E-state index contributed by atoms with van der Waals surface area (Å²) in [5.74, 6) is -1.00. The summed E-state index contributed by atoms with van der Waals surface area (Å²) in [4.78, 5) is 0. The molecule has 0 saturated carbocycles. The molecule has 0 atom stereocenters. The smallest absolute Gasteiger partial charge is 0.358 e. The van der Waals surface area contributed by atoms with Crippen molar-refractivity contribution in [2.24, 2.45) is 0 Å². The summed E-state index contributed by atoms with van der Waals surface area (Å²) < 4.78 is 23.8. The van der Waals surface area contributed by atoms with E-state index in [1.54, 1.807) is 0 Å². The molecular formula is C9H12F2K-. The van der Waals surface area contributed by atoms with E-state index in [1.807, 2.05) is 13.8 Å². The first kappa shape index (κ1) is 18.5. The molecule has 0 spiro atoms. The van der Waals surface area contributed by atoms with Gasteiger partial charge in [-0.3, -0.25) is 4.39 Å². The van der Waals surface area contributed by atoms with E-state index in [9.17, 15) is 8.78 Å². The van der Waals surface area contributed by atoms with E-state index >= 15 is 0 Å². The van der Waals surface area contributed by atoms with Crippen molar-refractivity contribution in [2.75, 3.05) is 0 Å². The van der Waals surface area contributed by atoms with Crippen LogP contribution in [0, 0.1) is 25.1 Å². The third-order valence-corrected chi connectivity index (χ3v) is 0.737. The van der Waals surface area contributed by atoms with Crippen molar-refractivity contribution >= 4 is 0 Å². The zero-order valence-electron chi connectivity index (χ0n) is 7.99. The first-order chi connectivity index (χ1) is 4.79. The SMILES string of the molecule is CC.Fc1[c-]cc(F)cc1.[CH3-].[K+]. The number of halogens is 2.